The van der Waals surface area contributed by atoms with Crippen molar-refractivity contribution in [2.75, 3.05) is 6.61 Å². The van der Waals surface area contributed by atoms with Gasteiger partial charge >= 0.3 is 0 Å². The molecule has 74 valence electrons. The van der Waals surface area contributed by atoms with Gasteiger partial charge in [0.25, 0.3) is 0 Å². The van der Waals surface area contributed by atoms with Crippen molar-refractivity contribution in [3.63, 3.8) is 0 Å². The molecule has 1 atom stereocenters. The maximum Gasteiger partial charge on any atom is 0.187 e. The molecule has 0 saturated carbocycles. The van der Waals surface area contributed by atoms with Gasteiger partial charge in [-0.1, -0.05) is 6.07 Å². The Hall–Kier alpha value is -1.38. The minimum absolute atomic E-state index is 0.324. The molecular formula is C11H11FO2. The number of fused-ring (bicyclic) bond motifs is 1. The van der Waals surface area contributed by atoms with Crippen molar-refractivity contribution in [3.05, 3.63) is 29.3 Å². The molecule has 1 aliphatic heterocycles. The minimum atomic E-state index is -1.89. The molecule has 3 heteroatoms. The lowest BCUT2D eigenvalue weighted by Gasteiger charge is -2.13. The van der Waals surface area contributed by atoms with Gasteiger partial charge in [0.05, 0.1) is 6.61 Å². The predicted molar refractivity (Wildman–Crippen MR) is 50.2 cm³/mol. The molecule has 2 nitrogen and oxygen atoms in total. The van der Waals surface area contributed by atoms with E-state index in [4.69, 9.17) is 4.74 Å². The lowest BCUT2D eigenvalue weighted by Crippen LogP contribution is -2.16. The van der Waals surface area contributed by atoms with E-state index in [-0.39, 0.29) is 0 Å². The Balaban J connectivity index is 2.42. The molecule has 0 saturated heterocycles. The van der Waals surface area contributed by atoms with Crippen LogP contribution in [0, 0.1) is 0 Å². The molecule has 0 spiro atoms. The zero-order valence-corrected chi connectivity index (χ0v) is 7.92. The van der Waals surface area contributed by atoms with Crippen molar-refractivity contribution >= 4 is 6.29 Å². The molecule has 1 aliphatic rings. The van der Waals surface area contributed by atoms with Gasteiger partial charge in [-0.3, -0.25) is 4.79 Å². The van der Waals surface area contributed by atoms with Gasteiger partial charge in [0.2, 0.25) is 0 Å². The van der Waals surface area contributed by atoms with E-state index < -0.39 is 5.67 Å². The highest BCUT2D eigenvalue weighted by molar-refractivity contribution is 5.66. The van der Waals surface area contributed by atoms with Gasteiger partial charge in [-0.2, -0.15) is 0 Å². The molecule has 0 aromatic heterocycles. The zero-order valence-electron chi connectivity index (χ0n) is 7.92. The number of benzene rings is 1. The van der Waals surface area contributed by atoms with Gasteiger partial charge in [-0.15, -0.1) is 0 Å². The lowest BCUT2D eigenvalue weighted by atomic mass is 9.97. The molecule has 0 radical (unpaired) electrons. The highest BCUT2D eigenvalue weighted by Gasteiger charge is 2.26. The molecule has 1 unspecified atom stereocenters. The van der Waals surface area contributed by atoms with Crippen LogP contribution >= 0.6 is 0 Å². The largest absolute Gasteiger partial charge is 0.493 e. The monoisotopic (exact) mass is 194 g/mol. The van der Waals surface area contributed by atoms with Crippen LogP contribution in [0.25, 0.3) is 0 Å². The van der Waals surface area contributed by atoms with Crippen molar-refractivity contribution in [2.24, 2.45) is 0 Å². The molecule has 0 N–H and O–H groups in total. The Morgan fingerprint density at radius 1 is 1.57 bits per heavy atom. The summed E-state index contributed by atoms with van der Waals surface area (Å²) in [5.74, 6) is 0.801. The summed E-state index contributed by atoms with van der Waals surface area (Å²) in [6.45, 7) is 1.90. The number of aldehydes is 1. The molecule has 1 aromatic carbocycles. The quantitative estimate of drug-likeness (QED) is 0.673. The van der Waals surface area contributed by atoms with Crippen molar-refractivity contribution in [1.82, 2.24) is 0 Å². The van der Waals surface area contributed by atoms with Crippen LogP contribution in [-0.4, -0.2) is 12.9 Å². The molecule has 1 heterocycles. The zero-order chi connectivity index (χ0) is 10.2. The van der Waals surface area contributed by atoms with E-state index in [2.05, 4.69) is 0 Å². The number of ether oxygens (including phenoxy) is 1. The third-order valence-corrected chi connectivity index (χ3v) is 2.48. The second kappa shape index (κ2) is 3.08. The first-order valence-corrected chi connectivity index (χ1v) is 4.55. The summed E-state index contributed by atoms with van der Waals surface area (Å²) in [5, 5.41) is 0. The van der Waals surface area contributed by atoms with Gasteiger partial charge in [0.15, 0.2) is 12.0 Å². The summed E-state index contributed by atoms with van der Waals surface area (Å²) in [7, 11) is 0. The smallest absolute Gasteiger partial charge is 0.187 e. The fourth-order valence-electron chi connectivity index (χ4n) is 1.56. The Morgan fingerprint density at radius 2 is 2.36 bits per heavy atom. The first kappa shape index (κ1) is 9.19. The number of hydrogen-bond donors (Lipinski definition) is 0. The van der Waals surface area contributed by atoms with Crippen LogP contribution < -0.4 is 4.74 Å². The highest BCUT2D eigenvalue weighted by Crippen LogP contribution is 2.31. The van der Waals surface area contributed by atoms with Gasteiger partial charge in [0.1, 0.15) is 5.75 Å². The van der Waals surface area contributed by atoms with E-state index in [0.717, 1.165) is 17.7 Å². The molecular weight excluding hydrogens is 183 g/mol. The number of rotatable bonds is 2. The van der Waals surface area contributed by atoms with Crippen LogP contribution in [0.5, 0.6) is 5.75 Å². The van der Waals surface area contributed by atoms with Crippen LogP contribution in [0.4, 0.5) is 4.39 Å². The summed E-state index contributed by atoms with van der Waals surface area (Å²) in [5.41, 5.74) is -0.512. The van der Waals surface area contributed by atoms with Crippen LogP contribution in [-0.2, 0) is 16.9 Å². The summed E-state index contributed by atoms with van der Waals surface area (Å²) in [4.78, 5) is 10.5. The molecule has 0 fully saturated rings. The van der Waals surface area contributed by atoms with E-state index in [1.807, 2.05) is 0 Å². The normalized spacial score (nSPS) is 18.1. The molecule has 2 rings (SSSR count). The Bertz CT molecular complexity index is 372. The molecule has 0 aliphatic carbocycles. The second-order valence-corrected chi connectivity index (χ2v) is 3.61. The average molecular weight is 194 g/mol. The lowest BCUT2D eigenvalue weighted by molar-refractivity contribution is -0.117. The van der Waals surface area contributed by atoms with Crippen LogP contribution in [0.1, 0.15) is 18.1 Å². The van der Waals surface area contributed by atoms with Crippen LogP contribution in [0.15, 0.2) is 18.2 Å². The van der Waals surface area contributed by atoms with E-state index in [9.17, 15) is 9.18 Å². The first-order valence-electron chi connectivity index (χ1n) is 4.55. The molecule has 1 aromatic rings. The average Bonchev–Trinajstić information content (AvgIpc) is 2.64. The molecule has 0 bridgehead atoms. The van der Waals surface area contributed by atoms with E-state index in [0.29, 0.717) is 18.5 Å². The number of halogens is 1. The third kappa shape index (κ3) is 1.39. The fourth-order valence-corrected chi connectivity index (χ4v) is 1.56. The van der Waals surface area contributed by atoms with Gasteiger partial charge < -0.3 is 4.74 Å². The summed E-state index contributed by atoms with van der Waals surface area (Å²) in [6.07, 6.45) is 1.11. The SMILES string of the molecule is CC(F)(C=O)c1ccc2c(c1)CCO2. The maximum absolute atomic E-state index is 13.6. The van der Waals surface area contributed by atoms with Crippen molar-refractivity contribution in [1.29, 1.82) is 0 Å². The predicted octanol–water partition coefficient (Wildman–Crippen LogP) is 2.01. The third-order valence-electron chi connectivity index (χ3n) is 2.48. The maximum atomic E-state index is 13.6. The topological polar surface area (TPSA) is 26.3 Å². The van der Waals surface area contributed by atoms with Crippen LogP contribution in [0.3, 0.4) is 0 Å². The van der Waals surface area contributed by atoms with E-state index in [1.54, 1.807) is 18.2 Å². The number of hydrogen-bond acceptors (Lipinski definition) is 2. The summed E-state index contributed by atoms with van der Waals surface area (Å²) < 4.78 is 18.9. The first-order chi connectivity index (χ1) is 6.63. The molecule has 0 amide bonds. The van der Waals surface area contributed by atoms with Crippen molar-refractivity contribution in [3.8, 4) is 5.75 Å². The van der Waals surface area contributed by atoms with E-state index >= 15 is 0 Å². The minimum Gasteiger partial charge on any atom is -0.493 e. The Kier molecular flexibility index (Phi) is 2.02. The fraction of sp³-hybridized carbons (Fsp3) is 0.364. The highest BCUT2D eigenvalue weighted by atomic mass is 19.1. The molecule has 14 heavy (non-hydrogen) atoms. The number of alkyl halides is 1. The van der Waals surface area contributed by atoms with Crippen molar-refractivity contribution < 1.29 is 13.9 Å². The van der Waals surface area contributed by atoms with E-state index in [1.165, 1.54) is 6.92 Å². The van der Waals surface area contributed by atoms with Crippen molar-refractivity contribution in [2.45, 2.75) is 19.0 Å². The number of carbonyl (C=O) groups is 1. The van der Waals surface area contributed by atoms with Crippen LogP contribution in [0.2, 0.25) is 0 Å². The summed E-state index contributed by atoms with van der Waals surface area (Å²) in [6, 6.07) is 5.02. The van der Waals surface area contributed by atoms with Gasteiger partial charge in [0, 0.05) is 6.42 Å². The Morgan fingerprint density at radius 3 is 3.07 bits per heavy atom. The summed E-state index contributed by atoms with van der Waals surface area (Å²) >= 11 is 0. The number of carbonyl (C=O) groups excluding carboxylic acids is 1. The standard InChI is InChI=1S/C11H11FO2/c1-11(12,7-13)9-2-3-10-8(6-9)4-5-14-10/h2-3,6-7H,4-5H2,1H3. The van der Waals surface area contributed by atoms with Gasteiger partial charge in [-0.05, 0) is 30.2 Å². The van der Waals surface area contributed by atoms with Gasteiger partial charge in [-0.25, -0.2) is 4.39 Å². The Labute approximate surface area is 81.7 Å². The second-order valence-electron chi connectivity index (χ2n) is 3.61.